The molecule has 0 aromatic carbocycles. The van der Waals surface area contributed by atoms with E-state index in [1.54, 1.807) is 6.20 Å². The summed E-state index contributed by atoms with van der Waals surface area (Å²) in [6.07, 6.45) is 1.56. The number of anilines is 1. The van der Waals surface area contributed by atoms with Gasteiger partial charge in [0.15, 0.2) is 0 Å². The maximum absolute atomic E-state index is 5.55. The minimum atomic E-state index is 0.443. The van der Waals surface area contributed by atoms with Crippen LogP contribution >= 0.6 is 22.6 Å². The molecule has 1 aromatic heterocycles. The summed E-state index contributed by atoms with van der Waals surface area (Å²) in [5.74, 6) is 0.898. The van der Waals surface area contributed by atoms with E-state index in [9.17, 15) is 0 Å². The van der Waals surface area contributed by atoms with E-state index in [0.29, 0.717) is 11.7 Å². The number of nitrogens with zero attached hydrogens (tertiary/aromatic N) is 2. The predicted molar refractivity (Wildman–Crippen MR) is 50.7 cm³/mol. The molecule has 1 heterocycles. The monoisotopic (exact) mass is 265 g/mol. The number of aromatic nitrogens is 2. The van der Waals surface area contributed by atoms with Gasteiger partial charge in [-0.05, 0) is 0 Å². The zero-order valence-electron chi connectivity index (χ0n) is 6.04. The summed E-state index contributed by atoms with van der Waals surface area (Å²) >= 11 is 2.18. The molecule has 0 spiro atoms. The number of hydrogen-bond donors (Lipinski definition) is 1. The molecule has 0 bridgehead atoms. The fraction of sp³-hybridized carbons (Fsp3) is 0.333. The van der Waals surface area contributed by atoms with Gasteiger partial charge in [0.2, 0.25) is 5.88 Å². The molecule has 0 aliphatic carbocycles. The number of nitrogens with two attached hydrogens (primary N) is 1. The van der Waals surface area contributed by atoms with E-state index in [0.717, 1.165) is 10.1 Å². The molecule has 0 aliphatic rings. The average molecular weight is 265 g/mol. The van der Waals surface area contributed by atoms with Crippen molar-refractivity contribution in [2.75, 3.05) is 12.8 Å². The Bertz CT molecular complexity index is 254. The molecule has 2 N–H and O–H groups in total. The number of ether oxygens (including phenoxy) is 1. The first-order chi connectivity index (χ1) is 5.27. The molecule has 0 fully saturated rings. The Morgan fingerprint density at radius 1 is 1.73 bits per heavy atom. The Hall–Kier alpha value is -0.590. The van der Waals surface area contributed by atoms with Crippen LogP contribution in [0.4, 0.5) is 5.82 Å². The van der Waals surface area contributed by atoms with Crippen molar-refractivity contribution in [1.82, 2.24) is 9.97 Å². The lowest BCUT2D eigenvalue weighted by Crippen LogP contribution is -2.00. The molecule has 0 saturated heterocycles. The maximum Gasteiger partial charge on any atom is 0.234 e. The first-order valence-corrected chi connectivity index (χ1v) is 4.52. The lowest BCUT2D eigenvalue weighted by molar-refractivity contribution is 0.396. The summed E-state index contributed by atoms with van der Waals surface area (Å²) in [6, 6.07) is 0. The van der Waals surface area contributed by atoms with Crippen molar-refractivity contribution in [2.45, 2.75) is 4.43 Å². The fourth-order valence-corrected chi connectivity index (χ4v) is 1.20. The van der Waals surface area contributed by atoms with Gasteiger partial charge in [-0.1, -0.05) is 22.6 Å². The summed E-state index contributed by atoms with van der Waals surface area (Å²) in [7, 11) is 1.53. The van der Waals surface area contributed by atoms with Crippen molar-refractivity contribution < 1.29 is 4.74 Å². The van der Waals surface area contributed by atoms with Gasteiger partial charge in [-0.25, -0.2) is 0 Å². The van der Waals surface area contributed by atoms with Gasteiger partial charge < -0.3 is 10.5 Å². The lowest BCUT2D eigenvalue weighted by Gasteiger charge is -2.01. The van der Waals surface area contributed by atoms with Gasteiger partial charge in [0, 0.05) is 4.43 Å². The molecule has 0 amide bonds. The third kappa shape index (κ3) is 1.92. The lowest BCUT2D eigenvalue weighted by atomic mass is 10.4. The number of nitrogen functional groups attached to an aromatic ring is 1. The topological polar surface area (TPSA) is 61.0 Å². The van der Waals surface area contributed by atoms with E-state index < -0.39 is 0 Å². The third-order valence-electron chi connectivity index (χ3n) is 1.19. The van der Waals surface area contributed by atoms with Gasteiger partial charge in [-0.3, -0.25) is 4.98 Å². The Morgan fingerprint density at radius 3 is 2.91 bits per heavy atom. The summed E-state index contributed by atoms with van der Waals surface area (Å²) in [5.41, 5.74) is 6.35. The van der Waals surface area contributed by atoms with Crippen LogP contribution in [0.1, 0.15) is 5.69 Å². The van der Waals surface area contributed by atoms with E-state index >= 15 is 0 Å². The van der Waals surface area contributed by atoms with E-state index in [4.69, 9.17) is 10.5 Å². The molecule has 11 heavy (non-hydrogen) atoms. The van der Waals surface area contributed by atoms with E-state index in [-0.39, 0.29) is 0 Å². The highest BCUT2D eigenvalue weighted by Gasteiger charge is 2.01. The molecule has 0 atom stereocenters. The van der Waals surface area contributed by atoms with Crippen molar-refractivity contribution in [3.8, 4) is 5.88 Å². The highest BCUT2D eigenvalue weighted by molar-refractivity contribution is 14.1. The van der Waals surface area contributed by atoms with Gasteiger partial charge in [-0.15, -0.1) is 0 Å². The fourth-order valence-electron chi connectivity index (χ4n) is 0.613. The van der Waals surface area contributed by atoms with E-state index in [1.165, 1.54) is 7.11 Å². The molecule has 5 heteroatoms. The second-order valence-corrected chi connectivity index (χ2v) is 2.64. The molecule has 4 nitrogen and oxygen atoms in total. The molecule has 1 aromatic rings. The third-order valence-corrected chi connectivity index (χ3v) is 1.92. The van der Waals surface area contributed by atoms with Gasteiger partial charge in [0.25, 0.3) is 0 Å². The Balaban J connectivity index is 2.99. The Morgan fingerprint density at radius 2 is 2.45 bits per heavy atom. The Kier molecular flexibility index (Phi) is 2.86. The van der Waals surface area contributed by atoms with Crippen molar-refractivity contribution in [1.29, 1.82) is 0 Å². The number of hydrogen-bond acceptors (Lipinski definition) is 4. The zero-order valence-corrected chi connectivity index (χ0v) is 8.20. The molecular formula is C6H8IN3O. The zero-order chi connectivity index (χ0) is 8.27. The number of methoxy groups -OCH3 is 1. The largest absolute Gasteiger partial charge is 0.480 e. The first-order valence-electron chi connectivity index (χ1n) is 2.99. The molecule has 0 saturated carbocycles. The average Bonchev–Trinajstić information content (AvgIpc) is 2.04. The van der Waals surface area contributed by atoms with Crippen LogP contribution in [-0.4, -0.2) is 17.1 Å². The van der Waals surface area contributed by atoms with E-state index in [2.05, 4.69) is 32.6 Å². The summed E-state index contributed by atoms with van der Waals surface area (Å²) in [6.45, 7) is 0. The minimum Gasteiger partial charge on any atom is -0.480 e. The van der Waals surface area contributed by atoms with Gasteiger partial charge >= 0.3 is 0 Å². The van der Waals surface area contributed by atoms with Crippen LogP contribution in [0.5, 0.6) is 5.88 Å². The molecule has 60 valence electrons. The number of rotatable bonds is 2. The van der Waals surface area contributed by atoms with Crippen LogP contribution in [0.3, 0.4) is 0 Å². The van der Waals surface area contributed by atoms with Crippen LogP contribution in [-0.2, 0) is 4.43 Å². The van der Waals surface area contributed by atoms with Crippen LogP contribution < -0.4 is 10.5 Å². The van der Waals surface area contributed by atoms with Crippen LogP contribution in [0.15, 0.2) is 6.20 Å². The smallest absolute Gasteiger partial charge is 0.234 e. The van der Waals surface area contributed by atoms with E-state index in [1.807, 2.05) is 0 Å². The molecule has 0 unspecified atom stereocenters. The van der Waals surface area contributed by atoms with Crippen LogP contribution in [0.2, 0.25) is 0 Å². The minimum absolute atomic E-state index is 0.443. The molecule has 1 rings (SSSR count). The predicted octanol–water partition coefficient (Wildman–Crippen LogP) is 1.00. The van der Waals surface area contributed by atoms with Crippen molar-refractivity contribution in [2.24, 2.45) is 0 Å². The number of halogens is 1. The van der Waals surface area contributed by atoms with Gasteiger partial charge in [0.05, 0.1) is 19.0 Å². The van der Waals surface area contributed by atoms with Crippen molar-refractivity contribution in [3.05, 3.63) is 11.9 Å². The van der Waals surface area contributed by atoms with Crippen LogP contribution in [0.25, 0.3) is 0 Å². The number of alkyl halides is 1. The standard InChI is InChI=1S/C6H8IN3O/c1-11-5-3-9-4(2-7)6(8)10-5/h3H,2H2,1H3,(H2,8,10). The SMILES string of the molecule is COc1cnc(CI)c(N)n1. The van der Waals surface area contributed by atoms with Crippen molar-refractivity contribution >= 4 is 28.4 Å². The van der Waals surface area contributed by atoms with Gasteiger partial charge in [0.1, 0.15) is 5.82 Å². The highest BCUT2D eigenvalue weighted by atomic mass is 127. The van der Waals surface area contributed by atoms with Crippen molar-refractivity contribution in [3.63, 3.8) is 0 Å². The first kappa shape index (κ1) is 8.51. The summed E-state index contributed by atoms with van der Waals surface area (Å²) in [4.78, 5) is 8.00. The van der Waals surface area contributed by atoms with Crippen LogP contribution in [0, 0.1) is 0 Å². The highest BCUT2D eigenvalue weighted by Crippen LogP contribution is 2.13. The quantitative estimate of drug-likeness (QED) is 0.640. The summed E-state index contributed by atoms with van der Waals surface area (Å²) in [5, 5.41) is 0. The summed E-state index contributed by atoms with van der Waals surface area (Å²) < 4.78 is 5.60. The second-order valence-electron chi connectivity index (χ2n) is 1.88. The molecule has 0 aliphatic heterocycles. The normalized spacial score (nSPS) is 9.64. The maximum atomic E-state index is 5.55. The Labute approximate surface area is 78.3 Å². The second kappa shape index (κ2) is 3.70. The molecular weight excluding hydrogens is 257 g/mol. The van der Waals surface area contributed by atoms with Gasteiger partial charge in [-0.2, -0.15) is 4.98 Å². The molecule has 0 radical (unpaired) electrons.